The Hall–Kier alpha value is -2.86. The summed E-state index contributed by atoms with van der Waals surface area (Å²) in [5, 5.41) is 8.92. The number of carbonyl (C=O) groups excluding carboxylic acids is 1. The van der Waals surface area contributed by atoms with Crippen molar-refractivity contribution < 1.29 is 23.5 Å². The number of carboxylic acids is 1. The summed E-state index contributed by atoms with van der Waals surface area (Å²) in [5.74, 6) is -2.31. The maximum absolute atomic E-state index is 14.1. The fourth-order valence-corrected chi connectivity index (χ4v) is 3.66. The second-order valence-electron chi connectivity index (χ2n) is 6.05. The number of Topliss-reactive ketones (excluding diaryl/α,β-unsaturated/α-hetero) is 1. The predicted octanol–water partition coefficient (Wildman–Crippen LogP) is 5.60. The van der Waals surface area contributed by atoms with E-state index in [-0.39, 0.29) is 22.6 Å². The molecule has 0 aliphatic heterocycles. The number of ketones is 1. The van der Waals surface area contributed by atoms with E-state index in [4.69, 9.17) is 5.11 Å². The molecule has 0 atom stereocenters. The zero-order chi connectivity index (χ0) is 19.4. The van der Waals surface area contributed by atoms with E-state index in [9.17, 15) is 18.4 Å². The number of benzene rings is 2. The van der Waals surface area contributed by atoms with Gasteiger partial charge in [0, 0.05) is 11.3 Å². The number of carboxylic acid groups (broad SMARTS) is 1. The SMILES string of the molecule is O=C(O)c1ccc(CCCC(=O)c2cc(-c3cccc(F)c3)ccc2F)s1. The molecule has 0 aliphatic carbocycles. The van der Waals surface area contributed by atoms with Crippen LogP contribution in [0.1, 0.15) is 37.7 Å². The number of carbonyl (C=O) groups is 2. The largest absolute Gasteiger partial charge is 0.477 e. The lowest BCUT2D eigenvalue weighted by Crippen LogP contribution is -2.03. The molecule has 0 fully saturated rings. The van der Waals surface area contributed by atoms with Gasteiger partial charge in [0.05, 0.1) is 5.56 Å². The zero-order valence-electron chi connectivity index (χ0n) is 14.2. The van der Waals surface area contributed by atoms with Crippen molar-refractivity contribution >= 4 is 23.1 Å². The molecule has 2 aromatic carbocycles. The summed E-state index contributed by atoms with van der Waals surface area (Å²) < 4.78 is 27.5. The highest BCUT2D eigenvalue weighted by molar-refractivity contribution is 7.13. The smallest absolute Gasteiger partial charge is 0.345 e. The molecule has 0 amide bonds. The van der Waals surface area contributed by atoms with E-state index in [2.05, 4.69) is 0 Å². The van der Waals surface area contributed by atoms with Gasteiger partial charge in [-0.15, -0.1) is 11.3 Å². The van der Waals surface area contributed by atoms with Gasteiger partial charge in [-0.3, -0.25) is 4.79 Å². The number of rotatable bonds is 7. The maximum Gasteiger partial charge on any atom is 0.345 e. The molecule has 3 rings (SSSR count). The molecule has 0 spiro atoms. The van der Waals surface area contributed by atoms with Crippen LogP contribution in [0.3, 0.4) is 0 Å². The maximum atomic E-state index is 14.1. The van der Waals surface area contributed by atoms with Crippen LogP contribution in [0.4, 0.5) is 8.78 Å². The Morgan fingerprint density at radius 1 is 0.963 bits per heavy atom. The Bertz CT molecular complexity index is 995. The number of aromatic carboxylic acids is 1. The minimum atomic E-state index is -0.974. The first-order chi connectivity index (χ1) is 12.9. The van der Waals surface area contributed by atoms with Crippen molar-refractivity contribution in [3.8, 4) is 11.1 Å². The molecule has 138 valence electrons. The van der Waals surface area contributed by atoms with E-state index in [0.717, 1.165) is 4.88 Å². The van der Waals surface area contributed by atoms with Gasteiger partial charge in [-0.2, -0.15) is 0 Å². The summed E-state index contributed by atoms with van der Waals surface area (Å²) in [6, 6.07) is 13.3. The normalized spacial score (nSPS) is 10.7. The van der Waals surface area contributed by atoms with Gasteiger partial charge < -0.3 is 5.11 Å². The van der Waals surface area contributed by atoms with Crippen molar-refractivity contribution in [3.63, 3.8) is 0 Å². The number of hydrogen-bond donors (Lipinski definition) is 1. The number of thiophene rings is 1. The van der Waals surface area contributed by atoms with Crippen LogP contribution >= 0.6 is 11.3 Å². The van der Waals surface area contributed by atoms with Gasteiger partial charge in [-0.05, 0) is 60.4 Å². The van der Waals surface area contributed by atoms with Gasteiger partial charge in [-0.25, -0.2) is 13.6 Å². The lowest BCUT2D eigenvalue weighted by Gasteiger charge is -2.07. The highest BCUT2D eigenvalue weighted by Crippen LogP contribution is 2.24. The summed E-state index contributed by atoms with van der Waals surface area (Å²) in [4.78, 5) is 24.4. The van der Waals surface area contributed by atoms with Crippen LogP contribution in [-0.2, 0) is 6.42 Å². The third kappa shape index (κ3) is 4.65. The van der Waals surface area contributed by atoms with Crippen LogP contribution < -0.4 is 0 Å². The van der Waals surface area contributed by atoms with E-state index in [1.807, 2.05) is 0 Å². The van der Waals surface area contributed by atoms with Crippen molar-refractivity contribution in [1.82, 2.24) is 0 Å². The molecule has 1 aromatic heterocycles. The van der Waals surface area contributed by atoms with E-state index >= 15 is 0 Å². The summed E-state index contributed by atoms with van der Waals surface area (Å²) in [7, 11) is 0. The highest BCUT2D eigenvalue weighted by Gasteiger charge is 2.14. The molecule has 0 saturated carbocycles. The average Bonchev–Trinajstić information content (AvgIpc) is 3.11. The standard InChI is InChI=1S/C21H16F2O3S/c22-15-4-1-3-13(11-15)14-7-9-18(23)17(12-14)19(24)6-2-5-16-8-10-20(27-16)21(25)26/h1,3-4,7-12H,2,5-6H2,(H,25,26). The Kier molecular flexibility index (Phi) is 5.76. The third-order valence-electron chi connectivity index (χ3n) is 4.12. The topological polar surface area (TPSA) is 54.4 Å². The third-order valence-corrected chi connectivity index (χ3v) is 5.26. The lowest BCUT2D eigenvalue weighted by atomic mass is 9.98. The van der Waals surface area contributed by atoms with Gasteiger partial charge in [0.15, 0.2) is 5.78 Å². The highest BCUT2D eigenvalue weighted by atomic mass is 32.1. The summed E-state index contributed by atoms with van der Waals surface area (Å²) in [6.07, 6.45) is 1.18. The molecular weight excluding hydrogens is 370 g/mol. The van der Waals surface area contributed by atoms with Crippen molar-refractivity contribution in [2.75, 3.05) is 0 Å². The first kappa shape index (κ1) is 18.9. The van der Waals surface area contributed by atoms with Crippen LogP contribution in [0.25, 0.3) is 11.1 Å². The van der Waals surface area contributed by atoms with Crippen LogP contribution in [0.15, 0.2) is 54.6 Å². The number of hydrogen-bond acceptors (Lipinski definition) is 3. The molecule has 0 saturated heterocycles. The second-order valence-corrected chi connectivity index (χ2v) is 7.22. The Morgan fingerprint density at radius 2 is 1.74 bits per heavy atom. The number of halogens is 2. The molecule has 1 N–H and O–H groups in total. The van der Waals surface area contributed by atoms with Crippen molar-refractivity contribution in [3.05, 3.63) is 81.5 Å². The molecule has 3 nitrogen and oxygen atoms in total. The Balaban J connectivity index is 1.68. The minimum absolute atomic E-state index is 0.0193. The Morgan fingerprint density at radius 3 is 2.44 bits per heavy atom. The molecular formula is C21H16F2O3S. The van der Waals surface area contributed by atoms with Crippen molar-refractivity contribution in [2.45, 2.75) is 19.3 Å². The molecule has 27 heavy (non-hydrogen) atoms. The van der Waals surface area contributed by atoms with E-state index in [1.165, 1.54) is 47.7 Å². The van der Waals surface area contributed by atoms with E-state index < -0.39 is 17.6 Å². The average molecular weight is 386 g/mol. The summed E-state index contributed by atoms with van der Waals surface area (Å²) in [6.45, 7) is 0. The van der Waals surface area contributed by atoms with Crippen LogP contribution in [0, 0.1) is 11.6 Å². The molecule has 6 heteroatoms. The van der Waals surface area contributed by atoms with Gasteiger partial charge in [0.2, 0.25) is 0 Å². The van der Waals surface area contributed by atoms with E-state index in [0.29, 0.717) is 24.0 Å². The first-order valence-corrected chi connectivity index (χ1v) is 9.16. The van der Waals surface area contributed by atoms with Crippen LogP contribution in [-0.4, -0.2) is 16.9 Å². The molecule has 3 aromatic rings. The number of aryl methyl sites for hydroxylation is 1. The van der Waals surface area contributed by atoms with Gasteiger partial charge >= 0.3 is 5.97 Å². The molecule has 0 bridgehead atoms. The zero-order valence-corrected chi connectivity index (χ0v) is 15.1. The predicted molar refractivity (Wildman–Crippen MR) is 100 cm³/mol. The molecule has 1 heterocycles. The fourth-order valence-electron chi connectivity index (χ4n) is 2.77. The van der Waals surface area contributed by atoms with Crippen LogP contribution in [0.2, 0.25) is 0 Å². The second kappa shape index (κ2) is 8.22. The fraction of sp³-hybridized carbons (Fsp3) is 0.143. The van der Waals surface area contributed by atoms with Gasteiger partial charge in [-0.1, -0.05) is 18.2 Å². The van der Waals surface area contributed by atoms with Crippen LogP contribution in [0.5, 0.6) is 0 Å². The minimum Gasteiger partial charge on any atom is -0.477 e. The first-order valence-electron chi connectivity index (χ1n) is 8.35. The summed E-state index contributed by atoms with van der Waals surface area (Å²) >= 11 is 1.17. The van der Waals surface area contributed by atoms with E-state index in [1.54, 1.807) is 18.2 Å². The monoisotopic (exact) mass is 386 g/mol. The Labute approximate surface area is 158 Å². The van der Waals surface area contributed by atoms with Gasteiger partial charge in [0.1, 0.15) is 16.5 Å². The molecule has 0 radical (unpaired) electrons. The molecule has 0 unspecified atom stereocenters. The van der Waals surface area contributed by atoms with Gasteiger partial charge in [0.25, 0.3) is 0 Å². The summed E-state index contributed by atoms with van der Waals surface area (Å²) in [5.41, 5.74) is 1.13. The lowest BCUT2D eigenvalue weighted by molar-refractivity contribution is 0.0702. The molecule has 0 aliphatic rings. The van der Waals surface area contributed by atoms with Crippen molar-refractivity contribution in [1.29, 1.82) is 0 Å². The van der Waals surface area contributed by atoms with Crippen molar-refractivity contribution in [2.24, 2.45) is 0 Å². The quantitative estimate of drug-likeness (QED) is 0.538.